The summed E-state index contributed by atoms with van der Waals surface area (Å²) in [6.07, 6.45) is 0. The number of esters is 1. The van der Waals surface area contributed by atoms with Crippen molar-refractivity contribution >= 4 is 71.6 Å². The molecule has 0 bridgehead atoms. The number of fused-ring (bicyclic) bond motifs is 1. The van der Waals surface area contributed by atoms with Gasteiger partial charge in [0.25, 0.3) is 21.6 Å². The first-order chi connectivity index (χ1) is 17.5. The maximum Gasteiger partial charge on any atom is 0.342 e. The molecule has 12 nitrogen and oxygen atoms in total. The number of non-ortho nitro benzene ring substituents is 1. The molecular weight excluding hydrogens is 548 g/mol. The molecular formula is C22H15ClN4O8S2. The fraction of sp³-hybridized carbons (Fsp3) is 0.0455. The summed E-state index contributed by atoms with van der Waals surface area (Å²) < 4.78 is 33.1. The number of carbonyl (C=O) groups excluding carboxylic acids is 2. The van der Waals surface area contributed by atoms with Crippen LogP contribution in [0.4, 0.5) is 16.5 Å². The number of anilines is 2. The lowest BCUT2D eigenvalue weighted by atomic mass is 10.2. The summed E-state index contributed by atoms with van der Waals surface area (Å²) in [7, 11) is -4.13. The van der Waals surface area contributed by atoms with Crippen molar-refractivity contribution in [2.75, 3.05) is 16.6 Å². The van der Waals surface area contributed by atoms with Gasteiger partial charge in [-0.1, -0.05) is 22.9 Å². The third-order valence-corrected chi connectivity index (χ3v) is 7.32. The van der Waals surface area contributed by atoms with Crippen LogP contribution >= 0.6 is 22.9 Å². The zero-order valence-corrected chi connectivity index (χ0v) is 20.8. The predicted molar refractivity (Wildman–Crippen MR) is 136 cm³/mol. The van der Waals surface area contributed by atoms with Crippen molar-refractivity contribution in [3.63, 3.8) is 0 Å². The van der Waals surface area contributed by atoms with E-state index in [0.717, 1.165) is 29.5 Å². The minimum Gasteiger partial charge on any atom is -0.507 e. The van der Waals surface area contributed by atoms with Gasteiger partial charge < -0.3 is 9.84 Å². The van der Waals surface area contributed by atoms with Crippen LogP contribution in [0.15, 0.2) is 65.6 Å². The fourth-order valence-electron chi connectivity index (χ4n) is 3.02. The maximum absolute atomic E-state index is 12.7. The van der Waals surface area contributed by atoms with Crippen molar-refractivity contribution < 1.29 is 32.8 Å². The summed E-state index contributed by atoms with van der Waals surface area (Å²) >= 11 is 6.78. The Morgan fingerprint density at radius 1 is 1.11 bits per heavy atom. The van der Waals surface area contributed by atoms with E-state index in [0.29, 0.717) is 15.2 Å². The fourth-order valence-corrected chi connectivity index (χ4v) is 5.15. The Morgan fingerprint density at radius 3 is 2.54 bits per heavy atom. The Morgan fingerprint density at radius 2 is 1.84 bits per heavy atom. The predicted octanol–water partition coefficient (Wildman–Crippen LogP) is 4.16. The van der Waals surface area contributed by atoms with Gasteiger partial charge in [-0.3, -0.25) is 24.9 Å². The molecule has 1 heterocycles. The van der Waals surface area contributed by atoms with Crippen LogP contribution in [0.1, 0.15) is 10.4 Å². The smallest absolute Gasteiger partial charge is 0.342 e. The molecule has 0 atom stereocenters. The number of hydrogen-bond donors (Lipinski definition) is 3. The van der Waals surface area contributed by atoms with E-state index >= 15 is 0 Å². The van der Waals surface area contributed by atoms with Crippen molar-refractivity contribution in [3.8, 4) is 5.75 Å². The van der Waals surface area contributed by atoms with E-state index in [4.69, 9.17) is 16.3 Å². The number of phenols is 1. The number of hydrogen-bond acceptors (Lipinski definition) is 10. The topological polar surface area (TPSA) is 178 Å². The zero-order valence-electron chi connectivity index (χ0n) is 18.4. The average molecular weight is 563 g/mol. The number of amides is 1. The minimum absolute atomic E-state index is 0.126. The van der Waals surface area contributed by atoms with Gasteiger partial charge in [-0.05, 0) is 48.5 Å². The Bertz CT molecular complexity index is 1640. The third kappa shape index (κ3) is 6.11. The summed E-state index contributed by atoms with van der Waals surface area (Å²) in [5.41, 5.74) is 0.0511. The van der Waals surface area contributed by atoms with E-state index in [1.807, 2.05) is 0 Å². The van der Waals surface area contributed by atoms with Gasteiger partial charge in [-0.25, -0.2) is 18.2 Å². The highest BCUT2D eigenvalue weighted by Gasteiger charge is 2.21. The second kappa shape index (κ2) is 10.4. The molecule has 37 heavy (non-hydrogen) atoms. The molecule has 0 aliphatic carbocycles. The monoisotopic (exact) mass is 562 g/mol. The van der Waals surface area contributed by atoms with Gasteiger partial charge in [-0.15, -0.1) is 0 Å². The number of sulfonamides is 1. The molecule has 3 aromatic carbocycles. The van der Waals surface area contributed by atoms with Gasteiger partial charge in [0.2, 0.25) is 0 Å². The Balaban J connectivity index is 1.42. The molecule has 4 rings (SSSR count). The molecule has 0 spiro atoms. The number of aromatic nitrogens is 1. The SMILES string of the molecule is O=C(COC(=O)c1cc(S(=O)(=O)Nc2ccc(Cl)cc2)ccc1O)Nc1nc2ccc([N+](=O)[O-])cc2s1. The van der Waals surface area contributed by atoms with Crippen molar-refractivity contribution in [1.82, 2.24) is 4.98 Å². The summed E-state index contributed by atoms with van der Waals surface area (Å²) in [5, 5.41) is 23.9. The Labute approximate surface area is 217 Å². The summed E-state index contributed by atoms with van der Waals surface area (Å²) in [6, 6.07) is 12.9. The second-order valence-electron chi connectivity index (χ2n) is 7.34. The van der Waals surface area contributed by atoms with E-state index in [1.165, 1.54) is 42.5 Å². The molecule has 4 aromatic rings. The molecule has 0 unspecified atom stereocenters. The second-order valence-corrected chi connectivity index (χ2v) is 10.5. The highest BCUT2D eigenvalue weighted by Crippen LogP contribution is 2.29. The molecule has 0 fully saturated rings. The molecule has 1 amide bonds. The molecule has 0 radical (unpaired) electrons. The zero-order chi connectivity index (χ0) is 26.7. The molecule has 3 N–H and O–H groups in total. The number of nitrogens with one attached hydrogen (secondary N) is 2. The normalized spacial score (nSPS) is 11.2. The van der Waals surface area contributed by atoms with Crippen molar-refractivity contribution in [2.24, 2.45) is 0 Å². The lowest BCUT2D eigenvalue weighted by Gasteiger charge is -2.11. The van der Waals surface area contributed by atoms with Gasteiger partial charge >= 0.3 is 5.97 Å². The minimum atomic E-state index is -4.13. The number of ether oxygens (including phenoxy) is 1. The van der Waals surface area contributed by atoms with Crippen LogP contribution < -0.4 is 10.0 Å². The van der Waals surface area contributed by atoms with Gasteiger partial charge in [0.15, 0.2) is 11.7 Å². The summed E-state index contributed by atoms with van der Waals surface area (Å²) in [5.74, 6) is -2.46. The third-order valence-electron chi connectivity index (χ3n) is 4.76. The summed E-state index contributed by atoms with van der Waals surface area (Å²) in [6.45, 7) is -0.769. The largest absolute Gasteiger partial charge is 0.507 e. The number of aromatic hydroxyl groups is 1. The highest BCUT2D eigenvalue weighted by molar-refractivity contribution is 7.92. The molecule has 1 aromatic heterocycles. The Kier molecular flexibility index (Phi) is 7.24. The number of halogens is 1. The number of carbonyl (C=O) groups is 2. The van der Waals surface area contributed by atoms with Crippen LogP contribution in [0.3, 0.4) is 0 Å². The first-order valence-electron chi connectivity index (χ1n) is 10.2. The number of nitro benzene ring substituents is 1. The number of thiazole rings is 1. The van der Waals surface area contributed by atoms with E-state index < -0.39 is 44.7 Å². The van der Waals surface area contributed by atoms with Crippen LogP contribution in [-0.2, 0) is 19.6 Å². The number of nitrogens with zero attached hydrogens (tertiary/aromatic N) is 2. The molecule has 0 saturated carbocycles. The average Bonchev–Trinajstić information content (AvgIpc) is 3.25. The standard InChI is InChI=1S/C22H15ClN4O8S2/c23-12-1-3-13(4-2-12)26-37(33,34)15-6-8-18(28)16(10-15)21(30)35-11-20(29)25-22-24-17-7-5-14(27(31)32)9-19(17)36-22/h1-10,26,28H,11H2,(H,24,25,29). The molecule has 0 saturated heterocycles. The number of rotatable bonds is 8. The molecule has 15 heteroatoms. The van der Waals surface area contributed by atoms with Gasteiger partial charge in [0.05, 0.1) is 20.0 Å². The quantitative estimate of drug-likeness (QED) is 0.161. The highest BCUT2D eigenvalue weighted by atomic mass is 35.5. The van der Waals surface area contributed by atoms with Gasteiger partial charge in [-0.2, -0.15) is 0 Å². The van der Waals surface area contributed by atoms with Gasteiger partial charge in [0.1, 0.15) is 11.3 Å². The van der Waals surface area contributed by atoms with Crippen molar-refractivity contribution in [1.29, 1.82) is 0 Å². The molecule has 0 aliphatic rings. The van der Waals surface area contributed by atoms with Crippen LogP contribution in [-0.4, -0.2) is 41.9 Å². The number of nitro groups is 1. The van der Waals surface area contributed by atoms with Crippen molar-refractivity contribution in [3.05, 3.63) is 81.4 Å². The van der Waals surface area contributed by atoms with Crippen molar-refractivity contribution in [2.45, 2.75) is 4.90 Å². The van der Waals surface area contributed by atoms with Gasteiger partial charge in [0, 0.05) is 22.8 Å². The van der Waals surface area contributed by atoms with E-state index in [2.05, 4.69) is 15.0 Å². The first-order valence-corrected chi connectivity index (χ1v) is 12.8. The molecule has 190 valence electrons. The maximum atomic E-state index is 12.7. The summed E-state index contributed by atoms with van der Waals surface area (Å²) in [4.78, 5) is 38.8. The van der Waals surface area contributed by atoms with Crippen LogP contribution in [0.5, 0.6) is 5.75 Å². The van der Waals surface area contributed by atoms with E-state index in [-0.39, 0.29) is 21.4 Å². The molecule has 0 aliphatic heterocycles. The van der Waals surface area contributed by atoms with Crippen LogP contribution in [0.2, 0.25) is 5.02 Å². The van der Waals surface area contributed by atoms with E-state index in [9.17, 15) is 33.2 Å². The first kappa shape index (κ1) is 25.8. The lowest BCUT2D eigenvalue weighted by Crippen LogP contribution is -2.21. The number of benzene rings is 3. The van der Waals surface area contributed by atoms with Crippen LogP contribution in [0.25, 0.3) is 10.2 Å². The number of phenolic OH excluding ortho intramolecular Hbond substituents is 1. The van der Waals surface area contributed by atoms with Crippen LogP contribution in [0, 0.1) is 10.1 Å². The Hall–Kier alpha value is -4.27. The lowest BCUT2D eigenvalue weighted by molar-refractivity contribution is -0.384. The van der Waals surface area contributed by atoms with E-state index in [1.54, 1.807) is 0 Å².